The van der Waals surface area contributed by atoms with Gasteiger partial charge in [-0.25, -0.2) is 0 Å². The molecule has 1 amide bonds. The van der Waals surface area contributed by atoms with E-state index in [4.69, 9.17) is 21.1 Å². The van der Waals surface area contributed by atoms with Crippen molar-refractivity contribution >= 4 is 45.8 Å². The molecule has 110 valence electrons. The highest BCUT2D eigenvalue weighted by Gasteiger charge is 2.07. The molecule has 0 saturated heterocycles. The fourth-order valence-electron chi connectivity index (χ4n) is 1.65. The van der Waals surface area contributed by atoms with Crippen molar-refractivity contribution in [3.63, 3.8) is 0 Å². The molecule has 21 heavy (non-hydrogen) atoms. The van der Waals surface area contributed by atoms with E-state index < -0.39 is 0 Å². The van der Waals surface area contributed by atoms with Gasteiger partial charge in [0.2, 0.25) is 0 Å². The Morgan fingerprint density at radius 1 is 1.24 bits per heavy atom. The molecule has 0 aromatic heterocycles. The van der Waals surface area contributed by atoms with E-state index in [0.717, 1.165) is 3.57 Å². The van der Waals surface area contributed by atoms with Gasteiger partial charge in [0.25, 0.3) is 5.91 Å². The van der Waals surface area contributed by atoms with Crippen LogP contribution in [0.15, 0.2) is 42.5 Å². The number of anilines is 1. The second-order valence-corrected chi connectivity index (χ2v) is 5.69. The van der Waals surface area contributed by atoms with Gasteiger partial charge < -0.3 is 14.8 Å². The number of hydrogen-bond donors (Lipinski definition) is 1. The minimum Gasteiger partial charge on any atom is -0.495 e. The van der Waals surface area contributed by atoms with Gasteiger partial charge in [-0.1, -0.05) is 23.7 Å². The van der Waals surface area contributed by atoms with Crippen LogP contribution in [0.4, 0.5) is 5.69 Å². The van der Waals surface area contributed by atoms with Crippen LogP contribution in [0, 0.1) is 3.57 Å². The molecule has 0 fully saturated rings. The first-order valence-electron chi connectivity index (χ1n) is 6.11. The maximum absolute atomic E-state index is 11.8. The second-order valence-electron chi connectivity index (χ2n) is 4.12. The summed E-state index contributed by atoms with van der Waals surface area (Å²) in [4.78, 5) is 11.8. The molecule has 0 aliphatic rings. The molecule has 0 atom stereocenters. The lowest BCUT2D eigenvalue weighted by molar-refractivity contribution is -0.118. The lowest BCUT2D eigenvalue weighted by atomic mass is 10.3. The van der Waals surface area contributed by atoms with Crippen LogP contribution in [0.25, 0.3) is 0 Å². The number of rotatable bonds is 5. The van der Waals surface area contributed by atoms with Crippen molar-refractivity contribution in [2.24, 2.45) is 0 Å². The Balaban J connectivity index is 1.93. The number of halogens is 2. The normalized spacial score (nSPS) is 10.0. The number of methoxy groups -OCH3 is 1. The summed E-state index contributed by atoms with van der Waals surface area (Å²) in [5.41, 5.74) is 0.595. The summed E-state index contributed by atoms with van der Waals surface area (Å²) in [6.45, 7) is -0.0658. The third-order valence-electron chi connectivity index (χ3n) is 2.63. The van der Waals surface area contributed by atoms with E-state index in [-0.39, 0.29) is 12.5 Å². The predicted molar refractivity (Wildman–Crippen MR) is 91.3 cm³/mol. The SMILES string of the molecule is COc1ccc(NC(=O)COc2ccccc2I)cc1Cl. The van der Waals surface area contributed by atoms with Gasteiger partial charge in [0.1, 0.15) is 11.5 Å². The van der Waals surface area contributed by atoms with Crippen LogP contribution in [0.3, 0.4) is 0 Å². The van der Waals surface area contributed by atoms with Crippen LogP contribution in [0.2, 0.25) is 5.02 Å². The number of para-hydroxylation sites is 1. The van der Waals surface area contributed by atoms with Gasteiger partial charge in [0.05, 0.1) is 15.7 Å². The lowest BCUT2D eigenvalue weighted by Crippen LogP contribution is -2.20. The van der Waals surface area contributed by atoms with Crippen molar-refractivity contribution in [3.05, 3.63) is 51.1 Å². The van der Waals surface area contributed by atoms with E-state index in [9.17, 15) is 4.79 Å². The van der Waals surface area contributed by atoms with Gasteiger partial charge >= 0.3 is 0 Å². The highest BCUT2D eigenvalue weighted by atomic mass is 127. The molecule has 2 aromatic carbocycles. The predicted octanol–water partition coefficient (Wildman–Crippen LogP) is 3.97. The smallest absolute Gasteiger partial charge is 0.262 e. The topological polar surface area (TPSA) is 47.6 Å². The zero-order valence-corrected chi connectivity index (χ0v) is 14.1. The third-order valence-corrected chi connectivity index (χ3v) is 3.82. The van der Waals surface area contributed by atoms with Crippen LogP contribution in [0.5, 0.6) is 11.5 Å². The Hall–Kier alpha value is -1.47. The lowest BCUT2D eigenvalue weighted by Gasteiger charge is -2.10. The van der Waals surface area contributed by atoms with Gasteiger partial charge in [-0.05, 0) is 52.9 Å². The first-order valence-corrected chi connectivity index (χ1v) is 7.56. The Morgan fingerprint density at radius 3 is 2.67 bits per heavy atom. The summed E-state index contributed by atoms with van der Waals surface area (Å²) in [6.07, 6.45) is 0. The number of hydrogen-bond acceptors (Lipinski definition) is 3. The zero-order valence-electron chi connectivity index (χ0n) is 11.2. The quantitative estimate of drug-likeness (QED) is 0.749. The molecule has 0 heterocycles. The molecule has 2 aromatic rings. The Kier molecular flexibility index (Phi) is 5.69. The van der Waals surface area contributed by atoms with Crippen LogP contribution in [0.1, 0.15) is 0 Å². The van der Waals surface area contributed by atoms with Crippen LogP contribution in [-0.4, -0.2) is 19.6 Å². The molecule has 0 spiro atoms. The average molecular weight is 418 g/mol. The van der Waals surface area contributed by atoms with Crippen molar-refractivity contribution in [2.75, 3.05) is 19.0 Å². The third kappa shape index (κ3) is 4.50. The Morgan fingerprint density at radius 2 is 2.00 bits per heavy atom. The molecule has 4 nitrogen and oxygen atoms in total. The molecule has 0 bridgehead atoms. The fraction of sp³-hybridized carbons (Fsp3) is 0.133. The Labute approximate surface area is 141 Å². The van der Waals surface area contributed by atoms with Gasteiger partial charge in [-0.15, -0.1) is 0 Å². The first kappa shape index (κ1) is 15.9. The Bertz CT molecular complexity index is 649. The molecule has 1 N–H and O–H groups in total. The molecule has 0 radical (unpaired) electrons. The van der Waals surface area contributed by atoms with Crippen molar-refractivity contribution in [1.82, 2.24) is 0 Å². The number of carbonyl (C=O) groups is 1. The van der Waals surface area contributed by atoms with Gasteiger partial charge in [-0.3, -0.25) is 4.79 Å². The minimum absolute atomic E-state index is 0.0658. The maximum Gasteiger partial charge on any atom is 0.262 e. The standard InChI is InChI=1S/C15H13ClINO3/c1-20-13-7-6-10(8-11(13)16)18-15(19)9-21-14-5-3-2-4-12(14)17/h2-8H,9H2,1H3,(H,18,19). The second kappa shape index (κ2) is 7.51. The van der Waals surface area contributed by atoms with Crippen LogP contribution >= 0.6 is 34.2 Å². The summed E-state index contributed by atoms with van der Waals surface area (Å²) in [6, 6.07) is 12.5. The largest absolute Gasteiger partial charge is 0.495 e. The summed E-state index contributed by atoms with van der Waals surface area (Å²) in [7, 11) is 1.54. The van der Waals surface area contributed by atoms with Crippen molar-refractivity contribution in [2.45, 2.75) is 0 Å². The van der Waals surface area contributed by atoms with E-state index in [1.54, 1.807) is 18.2 Å². The number of carbonyl (C=O) groups excluding carboxylic acids is 1. The fourth-order valence-corrected chi connectivity index (χ4v) is 2.45. The zero-order chi connectivity index (χ0) is 15.2. The molecular formula is C15H13ClINO3. The van der Waals surface area contributed by atoms with Crippen molar-refractivity contribution < 1.29 is 14.3 Å². The molecule has 6 heteroatoms. The van der Waals surface area contributed by atoms with E-state index in [1.165, 1.54) is 7.11 Å². The number of nitrogens with one attached hydrogen (secondary N) is 1. The first-order chi connectivity index (χ1) is 10.1. The monoisotopic (exact) mass is 417 g/mol. The van der Waals surface area contributed by atoms with E-state index >= 15 is 0 Å². The summed E-state index contributed by atoms with van der Waals surface area (Å²) < 4.78 is 11.5. The highest BCUT2D eigenvalue weighted by molar-refractivity contribution is 14.1. The van der Waals surface area contributed by atoms with Gasteiger partial charge in [0.15, 0.2) is 6.61 Å². The minimum atomic E-state index is -0.254. The van der Waals surface area contributed by atoms with Crippen molar-refractivity contribution in [1.29, 1.82) is 0 Å². The molecule has 2 rings (SSSR count). The van der Waals surface area contributed by atoms with Crippen LogP contribution < -0.4 is 14.8 Å². The van der Waals surface area contributed by atoms with E-state index in [0.29, 0.717) is 22.2 Å². The molecule has 0 saturated carbocycles. The van der Waals surface area contributed by atoms with Crippen LogP contribution in [-0.2, 0) is 4.79 Å². The van der Waals surface area contributed by atoms with Gasteiger partial charge in [-0.2, -0.15) is 0 Å². The molecular weight excluding hydrogens is 405 g/mol. The summed E-state index contributed by atoms with van der Waals surface area (Å²) in [5, 5.41) is 3.16. The maximum atomic E-state index is 11.8. The number of benzene rings is 2. The van der Waals surface area contributed by atoms with E-state index in [2.05, 4.69) is 27.9 Å². The van der Waals surface area contributed by atoms with Crippen molar-refractivity contribution in [3.8, 4) is 11.5 Å². The average Bonchev–Trinajstić information content (AvgIpc) is 2.46. The number of amides is 1. The summed E-state index contributed by atoms with van der Waals surface area (Å²) in [5.74, 6) is 0.988. The summed E-state index contributed by atoms with van der Waals surface area (Å²) >= 11 is 8.15. The highest BCUT2D eigenvalue weighted by Crippen LogP contribution is 2.27. The van der Waals surface area contributed by atoms with Gasteiger partial charge in [0, 0.05) is 5.69 Å². The molecule has 0 unspecified atom stereocenters. The van der Waals surface area contributed by atoms with E-state index in [1.807, 2.05) is 24.3 Å². The molecule has 0 aliphatic carbocycles. The molecule has 0 aliphatic heterocycles. The number of ether oxygens (including phenoxy) is 2.